The number of carboxylic acid groups (broad SMARTS) is 1. The van der Waals surface area contributed by atoms with Crippen LogP contribution in [0.15, 0.2) is 30.3 Å². The average molecular weight is 320 g/mol. The molecule has 1 aromatic carbocycles. The molecule has 7 heteroatoms. The minimum atomic E-state index is -0.972. The lowest BCUT2D eigenvalue weighted by Crippen LogP contribution is -2.21. The smallest absolute Gasteiger partial charge is 0.404 e. The van der Waals surface area contributed by atoms with Gasteiger partial charge in [0.25, 0.3) is 0 Å². The molecule has 118 valence electrons. The van der Waals surface area contributed by atoms with Crippen LogP contribution in [0.25, 0.3) is 0 Å². The van der Waals surface area contributed by atoms with Crippen molar-refractivity contribution in [3.8, 4) is 0 Å². The zero-order valence-electron chi connectivity index (χ0n) is 12.2. The number of hydrogen-bond donors (Lipinski definition) is 4. The van der Waals surface area contributed by atoms with Gasteiger partial charge in [0.05, 0.1) is 5.69 Å². The number of aryl methyl sites for hydroxylation is 1. The van der Waals surface area contributed by atoms with Crippen LogP contribution < -0.4 is 16.4 Å². The van der Waals surface area contributed by atoms with E-state index in [4.69, 9.17) is 10.8 Å². The van der Waals surface area contributed by atoms with Crippen LogP contribution in [0.5, 0.6) is 0 Å². The number of unbranched alkanes of at least 4 members (excludes halogenated alkanes) is 2. The van der Waals surface area contributed by atoms with Crippen LogP contribution in [-0.4, -0.2) is 22.7 Å². The third kappa shape index (κ3) is 5.25. The maximum atomic E-state index is 10.3. The van der Waals surface area contributed by atoms with E-state index in [9.17, 15) is 4.79 Å². The molecule has 5 N–H and O–H groups in total. The summed E-state index contributed by atoms with van der Waals surface area (Å²) in [5, 5.41) is 15.6. The van der Waals surface area contributed by atoms with Gasteiger partial charge in [-0.3, -0.25) is 0 Å². The number of nitrogens with two attached hydrogens (primary N) is 1. The number of hydrogen-bond acceptors (Lipinski definition) is 5. The van der Waals surface area contributed by atoms with Gasteiger partial charge >= 0.3 is 6.09 Å². The monoisotopic (exact) mass is 320 g/mol. The highest BCUT2D eigenvalue weighted by Crippen LogP contribution is 2.28. The number of nitrogens with one attached hydrogen (secondary N) is 2. The number of anilines is 3. The minimum Gasteiger partial charge on any atom is -0.465 e. The highest BCUT2D eigenvalue weighted by Gasteiger charge is 2.08. The number of benzene rings is 1. The molecule has 0 unspecified atom stereocenters. The first kappa shape index (κ1) is 16.1. The standard InChI is InChI=1S/C15H20N4O2S/c16-13-12(9-5-2-6-10-17-15(20)21)19-14(22-13)18-11-7-3-1-4-8-11/h1,3-4,7-8,17H,2,5-6,9-10,16H2,(H,18,19)(H,20,21). The molecule has 1 heterocycles. The number of para-hydroxylation sites is 1. The molecule has 22 heavy (non-hydrogen) atoms. The summed E-state index contributed by atoms with van der Waals surface area (Å²) in [6, 6.07) is 9.85. The van der Waals surface area contributed by atoms with Gasteiger partial charge in [-0.2, -0.15) is 0 Å². The highest BCUT2D eigenvalue weighted by molar-refractivity contribution is 7.19. The second-order valence-corrected chi connectivity index (χ2v) is 5.89. The topological polar surface area (TPSA) is 100 Å². The largest absolute Gasteiger partial charge is 0.465 e. The predicted molar refractivity (Wildman–Crippen MR) is 89.8 cm³/mol. The number of nitrogen functional groups attached to an aromatic ring is 1. The molecule has 0 fully saturated rings. The van der Waals surface area contributed by atoms with Gasteiger partial charge in [0.2, 0.25) is 0 Å². The van der Waals surface area contributed by atoms with Gasteiger partial charge in [0.15, 0.2) is 5.13 Å². The van der Waals surface area contributed by atoms with Crippen molar-refractivity contribution in [1.82, 2.24) is 10.3 Å². The molecule has 0 saturated carbocycles. The van der Waals surface area contributed by atoms with Crippen LogP contribution in [0.2, 0.25) is 0 Å². The van der Waals surface area contributed by atoms with E-state index in [-0.39, 0.29) is 0 Å². The van der Waals surface area contributed by atoms with Crippen LogP contribution >= 0.6 is 11.3 Å². The van der Waals surface area contributed by atoms with Crippen molar-refractivity contribution in [2.24, 2.45) is 0 Å². The Labute approximate surface area is 133 Å². The molecule has 6 nitrogen and oxygen atoms in total. The zero-order chi connectivity index (χ0) is 15.8. The van der Waals surface area contributed by atoms with Crippen LogP contribution in [0.4, 0.5) is 20.6 Å². The molecule has 0 radical (unpaired) electrons. The van der Waals surface area contributed by atoms with E-state index in [1.165, 1.54) is 11.3 Å². The highest BCUT2D eigenvalue weighted by atomic mass is 32.1. The van der Waals surface area contributed by atoms with E-state index in [1.54, 1.807) is 0 Å². The first-order valence-electron chi connectivity index (χ1n) is 7.19. The van der Waals surface area contributed by atoms with Crippen molar-refractivity contribution in [2.75, 3.05) is 17.6 Å². The van der Waals surface area contributed by atoms with Gasteiger partial charge in [-0.25, -0.2) is 9.78 Å². The van der Waals surface area contributed by atoms with Gasteiger partial charge in [-0.05, 0) is 31.4 Å². The van der Waals surface area contributed by atoms with Crippen LogP contribution in [-0.2, 0) is 6.42 Å². The van der Waals surface area contributed by atoms with E-state index in [0.29, 0.717) is 6.54 Å². The third-order valence-electron chi connectivity index (χ3n) is 3.12. The second kappa shape index (κ2) is 8.23. The van der Waals surface area contributed by atoms with Crippen molar-refractivity contribution >= 4 is 33.3 Å². The zero-order valence-corrected chi connectivity index (χ0v) is 13.0. The van der Waals surface area contributed by atoms with E-state index in [0.717, 1.165) is 47.2 Å². The lowest BCUT2D eigenvalue weighted by atomic mass is 10.1. The molecule has 0 aliphatic carbocycles. The van der Waals surface area contributed by atoms with Gasteiger partial charge in [0.1, 0.15) is 5.00 Å². The lowest BCUT2D eigenvalue weighted by Gasteiger charge is -2.01. The first-order valence-corrected chi connectivity index (χ1v) is 8.01. The van der Waals surface area contributed by atoms with E-state index < -0.39 is 6.09 Å². The van der Waals surface area contributed by atoms with Gasteiger partial charge in [0, 0.05) is 12.2 Å². The Bertz CT molecular complexity index is 601. The molecule has 0 saturated heterocycles. The van der Waals surface area contributed by atoms with Crippen LogP contribution in [0.3, 0.4) is 0 Å². The van der Waals surface area contributed by atoms with Gasteiger partial charge in [-0.1, -0.05) is 36.0 Å². The summed E-state index contributed by atoms with van der Waals surface area (Å²) in [5.74, 6) is 0. The summed E-state index contributed by atoms with van der Waals surface area (Å²) in [5.41, 5.74) is 7.90. The van der Waals surface area contributed by atoms with Gasteiger partial charge < -0.3 is 21.5 Å². The molecule has 2 rings (SSSR count). The number of amides is 1. The number of carbonyl (C=O) groups is 1. The Hall–Kier alpha value is -2.28. The fourth-order valence-corrected chi connectivity index (χ4v) is 2.83. The van der Waals surface area contributed by atoms with E-state index in [1.807, 2.05) is 30.3 Å². The van der Waals surface area contributed by atoms with Gasteiger partial charge in [-0.15, -0.1) is 0 Å². The molecule has 1 amide bonds. The van der Waals surface area contributed by atoms with Crippen molar-refractivity contribution in [1.29, 1.82) is 0 Å². The minimum absolute atomic E-state index is 0.489. The van der Waals surface area contributed by atoms with Crippen molar-refractivity contribution in [3.05, 3.63) is 36.0 Å². The maximum absolute atomic E-state index is 10.3. The first-order chi connectivity index (χ1) is 10.6. The Balaban J connectivity index is 1.76. The Morgan fingerprint density at radius 1 is 1.23 bits per heavy atom. The quantitative estimate of drug-likeness (QED) is 0.558. The van der Waals surface area contributed by atoms with E-state index in [2.05, 4.69) is 15.6 Å². The Morgan fingerprint density at radius 3 is 2.73 bits per heavy atom. The molecule has 2 aromatic rings. The Kier molecular flexibility index (Phi) is 6.02. The summed E-state index contributed by atoms with van der Waals surface area (Å²) >= 11 is 1.45. The number of aromatic nitrogens is 1. The number of nitrogens with zero attached hydrogens (tertiary/aromatic N) is 1. The maximum Gasteiger partial charge on any atom is 0.404 e. The fraction of sp³-hybridized carbons (Fsp3) is 0.333. The Morgan fingerprint density at radius 2 is 2.00 bits per heavy atom. The molecule has 0 spiro atoms. The van der Waals surface area contributed by atoms with Crippen molar-refractivity contribution in [2.45, 2.75) is 25.7 Å². The fourth-order valence-electron chi connectivity index (χ4n) is 2.03. The summed E-state index contributed by atoms with van der Waals surface area (Å²) in [7, 11) is 0. The van der Waals surface area contributed by atoms with E-state index >= 15 is 0 Å². The number of rotatable bonds is 8. The second-order valence-electron chi connectivity index (χ2n) is 4.86. The lowest BCUT2D eigenvalue weighted by molar-refractivity contribution is 0.194. The van der Waals surface area contributed by atoms with Crippen LogP contribution in [0, 0.1) is 0 Å². The summed E-state index contributed by atoms with van der Waals surface area (Å²) in [4.78, 5) is 14.8. The normalized spacial score (nSPS) is 10.4. The molecule has 0 atom stereocenters. The van der Waals surface area contributed by atoms with Crippen LogP contribution in [0.1, 0.15) is 25.0 Å². The molecular weight excluding hydrogens is 300 g/mol. The van der Waals surface area contributed by atoms with Crippen molar-refractivity contribution in [3.63, 3.8) is 0 Å². The molecular formula is C15H20N4O2S. The summed E-state index contributed by atoms with van der Waals surface area (Å²) in [6.45, 7) is 0.489. The molecule has 0 aliphatic rings. The molecule has 1 aromatic heterocycles. The van der Waals surface area contributed by atoms with Crippen molar-refractivity contribution < 1.29 is 9.90 Å². The summed E-state index contributed by atoms with van der Waals surface area (Å²) in [6.07, 6.45) is 2.55. The third-order valence-corrected chi connectivity index (χ3v) is 3.96. The molecule has 0 bridgehead atoms. The summed E-state index contributed by atoms with van der Waals surface area (Å²) < 4.78 is 0. The average Bonchev–Trinajstić information content (AvgIpc) is 2.83. The SMILES string of the molecule is Nc1sc(Nc2ccccc2)nc1CCCCCNC(=O)O. The molecule has 0 aliphatic heterocycles. The predicted octanol–water partition coefficient (Wildman–Crippen LogP) is 3.45. The number of thiazole rings is 1.